The lowest BCUT2D eigenvalue weighted by atomic mass is 10.1. The van der Waals surface area contributed by atoms with Crippen LogP contribution >= 0.6 is 11.6 Å². The Kier molecular flexibility index (Phi) is 6.55. The summed E-state index contributed by atoms with van der Waals surface area (Å²) in [5.74, 6) is 3.76. The van der Waals surface area contributed by atoms with Crippen molar-refractivity contribution in [3.05, 3.63) is 22.7 Å². The third-order valence-corrected chi connectivity index (χ3v) is 2.84. The molecule has 1 unspecified atom stereocenters. The van der Waals surface area contributed by atoms with E-state index in [9.17, 15) is 0 Å². The van der Waals surface area contributed by atoms with Crippen molar-refractivity contribution in [3.63, 3.8) is 0 Å². The number of halogens is 1. The summed E-state index contributed by atoms with van der Waals surface area (Å²) < 4.78 is 11.0. The lowest BCUT2D eigenvalue weighted by Gasteiger charge is -2.14. The number of hydrogen-bond donors (Lipinski definition) is 1. The quantitative estimate of drug-likeness (QED) is 0.617. The van der Waals surface area contributed by atoms with Crippen LogP contribution in [0.5, 0.6) is 11.5 Å². The number of terminal acetylenes is 1. The van der Waals surface area contributed by atoms with Crippen LogP contribution in [0.3, 0.4) is 0 Å². The molecule has 1 aromatic rings. The summed E-state index contributed by atoms with van der Waals surface area (Å²) in [5.41, 5.74) is 6.82. The van der Waals surface area contributed by atoms with Crippen molar-refractivity contribution >= 4 is 11.6 Å². The third kappa shape index (κ3) is 5.02. The molecule has 0 fully saturated rings. The van der Waals surface area contributed by atoms with Gasteiger partial charge in [-0.3, -0.25) is 0 Å². The van der Waals surface area contributed by atoms with Gasteiger partial charge in [0.05, 0.1) is 18.7 Å². The molecule has 19 heavy (non-hydrogen) atoms. The maximum Gasteiger partial charge on any atom is 0.179 e. The molecule has 2 N–H and O–H groups in total. The molecular weight excluding hydrogens is 262 g/mol. The van der Waals surface area contributed by atoms with Gasteiger partial charge in [0.15, 0.2) is 11.5 Å². The van der Waals surface area contributed by atoms with Crippen LogP contribution in [0.2, 0.25) is 5.02 Å². The van der Waals surface area contributed by atoms with Gasteiger partial charge < -0.3 is 15.2 Å². The highest BCUT2D eigenvalue weighted by molar-refractivity contribution is 6.32. The zero-order valence-corrected chi connectivity index (χ0v) is 12.2. The summed E-state index contributed by atoms with van der Waals surface area (Å²) in [6, 6.07) is 3.85. The molecule has 0 aromatic heterocycles. The van der Waals surface area contributed by atoms with Crippen LogP contribution in [0.4, 0.5) is 0 Å². The summed E-state index contributed by atoms with van der Waals surface area (Å²) >= 11 is 6.22. The van der Waals surface area contributed by atoms with E-state index < -0.39 is 0 Å². The van der Waals surface area contributed by atoms with Gasteiger partial charge in [0, 0.05) is 12.5 Å². The summed E-state index contributed by atoms with van der Waals surface area (Å²) in [6.45, 7) is 2.47. The summed E-state index contributed by atoms with van der Waals surface area (Å²) in [6.07, 6.45) is 7.41. The standard InChI is InChI=1S/C15H20ClNO2/c1-4-5-6-7-19-15-13(16)9-12(8-11(2)17)10-14(15)18-3/h1,9-11H,5-8,17H2,2-3H3. The van der Waals surface area contributed by atoms with Gasteiger partial charge in [0.1, 0.15) is 0 Å². The Balaban J connectivity index is 2.83. The van der Waals surface area contributed by atoms with Crippen LogP contribution in [-0.2, 0) is 6.42 Å². The molecule has 3 nitrogen and oxygen atoms in total. The molecule has 1 aromatic carbocycles. The van der Waals surface area contributed by atoms with Crippen molar-refractivity contribution in [1.82, 2.24) is 0 Å². The SMILES string of the molecule is C#CCCCOc1c(Cl)cc(CC(C)N)cc1OC. The summed E-state index contributed by atoms with van der Waals surface area (Å²) in [4.78, 5) is 0. The largest absolute Gasteiger partial charge is 0.493 e. The van der Waals surface area contributed by atoms with Crippen LogP contribution in [0.1, 0.15) is 25.3 Å². The van der Waals surface area contributed by atoms with Gasteiger partial charge in [-0.25, -0.2) is 0 Å². The highest BCUT2D eigenvalue weighted by Gasteiger charge is 2.12. The average Bonchev–Trinajstić information content (AvgIpc) is 2.35. The first-order valence-electron chi connectivity index (χ1n) is 6.26. The number of nitrogens with two attached hydrogens (primary N) is 1. The predicted molar refractivity (Wildman–Crippen MR) is 78.9 cm³/mol. The van der Waals surface area contributed by atoms with Gasteiger partial charge in [0.25, 0.3) is 0 Å². The number of methoxy groups -OCH3 is 1. The molecule has 0 aliphatic carbocycles. The van der Waals surface area contributed by atoms with E-state index in [1.807, 2.05) is 19.1 Å². The van der Waals surface area contributed by atoms with Gasteiger partial charge in [-0.2, -0.15) is 0 Å². The molecule has 0 saturated heterocycles. The van der Waals surface area contributed by atoms with E-state index in [4.69, 9.17) is 33.2 Å². The Morgan fingerprint density at radius 3 is 2.79 bits per heavy atom. The second-order valence-corrected chi connectivity index (χ2v) is 4.85. The number of unbranched alkanes of at least 4 members (excludes halogenated alkanes) is 1. The van der Waals surface area contributed by atoms with Gasteiger partial charge >= 0.3 is 0 Å². The van der Waals surface area contributed by atoms with Crippen molar-refractivity contribution < 1.29 is 9.47 Å². The molecule has 0 bridgehead atoms. The molecule has 4 heteroatoms. The van der Waals surface area contributed by atoms with Gasteiger partial charge in [-0.1, -0.05) is 11.6 Å². The summed E-state index contributed by atoms with van der Waals surface area (Å²) in [5, 5.41) is 0.538. The lowest BCUT2D eigenvalue weighted by Crippen LogP contribution is -2.17. The first-order valence-corrected chi connectivity index (χ1v) is 6.64. The number of benzene rings is 1. The Labute approximate surface area is 120 Å². The molecule has 0 heterocycles. The van der Waals surface area contributed by atoms with Gasteiger partial charge in [-0.15, -0.1) is 12.3 Å². The molecule has 0 amide bonds. The second kappa shape index (κ2) is 7.93. The topological polar surface area (TPSA) is 44.5 Å². The van der Waals surface area contributed by atoms with E-state index in [1.165, 1.54) is 0 Å². The van der Waals surface area contributed by atoms with Crippen molar-refractivity contribution in [2.75, 3.05) is 13.7 Å². The third-order valence-electron chi connectivity index (χ3n) is 2.56. The fraction of sp³-hybridized carbons (Fsp3) is 0.467. The van der Waals surface area contributed by atoms with Crippen LogP contribution < -0.4 is 15.2 Å². The molecule has 104 valence electrons. The van der Waals surface area contributed by atoms with Crippen LogP contribution in [0.25, 0.3) is 0 Å². The maximum atomic E-state index is 6.22. The normalized spacial score (nSPS) is 11.7. The molecule has 1 rings (SSSR count). The minimum Gasteiger partial charge on any atom is -0.493 e. The Hall–Kier alpha value is -1.37. The monoisotopic (exact) mass is 281 g/mol. The van der Waals surface area contributed by atoms with Crippen LogP contribution in [-0.4, -0.2) is 19.8 Å². The van der Waals surface area contributed by atoms with E-state index in [0.717, 1.165) is 18.4 Å². The van der Waals surface area contributed by atoms with Gasteiger partial charge in [-0.05, 0) is 37.5 Å². The van der Waals surface area contributed by atoms with E-state index >= 15 is 0 Å². The van der Waals surface area contributed by atoms with E-state index in [-0.39, 0.29) is 6.04 Å². The molecule has 0 radical (unpaired) electrons. The van der Waals surface area contributed by atoms with Crippen molar-refractivity contribution in [2.24, 2.45) is 5.73 Å². The van der Waals surface area contributed by atoms with E-state index in [1.54, 1.807) is 7.11 Å². The minimum absolute atomic E-state index is 0.0724. The number of hydrogen-bond acceptors (Lipinski definition) is 3. The maximum absolute atomic E-state index is 6.22. The molecule has 0 spiro atoms. The molecule has 0 aliphatic heterocycles. The molecule has 0 saturated carbocycles. The van der Waals surface area contributed by atoms with Crippen molar-refractivity contribution in [2.45, 2.75) is 32.2 Å². The predicted octanol–water partition coefficient (Wildman–Crippen LogP) is 3.03. The molecule has 0 aliphatic rings. The average molecular weight is 282 g/mol. The zero-order valence-electron chi connectivity index (χ0n) is 11.4. The lowest BCUT2D eigenvalue weighted by molar-refractivity contribution is 0.291. The van der Waals surface area contributed by atoms with Crippen molar-refractivity contribution in [1.29, 1.82) is 0 Å². The fourth-order valence-corrected chi connectivity index (χ4v) is 2.04. The Morgan fingerprint density at radius 2 is 2.21 bits per heavy atom. The smallest absolute Gasteiger partial charge is 0.179 e. The van der Waals surface area contributed by atoms with Crippen molar-refractivity contribution in [3.8, 4) is 23.8 Å². The molecule has 1 atom stereocenters. The minimum atomic E-state index is 0.0724. The van der Waals surface area contributed by atoms with E-state index in [2.05, 4.69) is 5.92 Å². The highest BCUT2D eigenvalue weighted by atomic mass is 35.5. The second-order valence-electron chi connectivity index (χ2n) is 4.45. The van der Waals surface area contributed by atoms with Crippen LogP contribution in [0, 0.1) is 12.3 Å². The molecular formula is C15H20ClNO2. The summed E-state index contributed by atoms with van der Waals surface area (Å²) in [7, 11) is 1.59. The Morgan fingerprint density at radius 1 is 1.47 bits per heavy atom. The number of ether oxygens (including phenoxy) is 2. The van der Waals surface area contributed by atoms with Crippen LogP contribution in [0.15, 0.2) is 12.1 Å². The zero-order chi connectivity index (χ0) is 14.3. The Bertz CT molecular complexity index is 452. The van der Waals surface area contributed by atoms with E-state index in [0.29, 0.717) is 29.5 Å². The van der Waals surface area contributed by atoms with Gasteiger partial charge in [0.2, 0.25) is 0 Å². The number of rotatable bonds is 7. The first kappa shape index (κ1) is 15.7. The first-order chi connectivity index (χ1) is 9.08. The highest BCUT2D eigenvalue weighted by Crippen LogP contribution is 2.36. The fourth-order valence-electron chi connectivity index (χ4n) is 1.75.